The van der Waals surface area contributed by atoms with Crippen LogP contribution in [0.1, 0.15) is 37.4 Å². The molecule has 12 heteroatoms. The summed E-state index contributed by atoms with van der Waals surface area (Å²) in [6.07, 6.45) is 0.713. The van der Waals surface area contributed by atoms with Gasteiger partial charge >= 0.3 is 7.82 Å². The highest BCUT2D eigenvalue weighted by Gasteiger charge is 2.28. The van der Waals surface area contributed by atoms with Crippen LogP contribution in [0, 0.1) is 10.1 Å². The zero-order valence-electron chi connectivity index (χ0n) is 13.8. The molecule has 26 heavy (non-hydrogen) atoms. The van der Waals surface area contributed by atoms with E-state index in [1.807, 2.05) is 0 Å². The van der Waals surface area contributed by atoms with Gasteiger partial charge in [0.15, 0.2) is 0 Å². The molecule has 1 aromatic carbocycles. The zero-order chi connectivity index (χ0) is 19.7. The van der Waals surface area contributed by atoms with E-state index in [2.05, 4.69) is 9.84 Å². The third-order valence-electron chi connectivity index (χ3n) is 3.35. The van der Waals surface area contributed by atoms with Crippen molar-refractivity contribution in [2.24, 2.45) is 5.73 Å². The SMILES string of the molecule is NCCCCCCNC(=O)C(F)c1cc([N+](=O)[O-])ccc1OP(=O)(O)O. The maximum Gasteiger partial charge on any atom is 0.524 e. The van der Waals surface area contributed by atoms with E-state index < -0.39 is 41.8 Å². The highest BCUT2D eigenvalue weighted by Crippen LogP contribution is 2.42. The molecule has 10 nitrogen and oxygen atoms in total. The summed E-state index contributed by atoms with van der Waals surface area (Å²) in [6, 6.07) is 2.42. The van der Waals surface area contributed by atoms with E-state index in [1.165, 1.54) is 0 Å². The molecule has 5 N–H and O–H groups in total. The van der Waals surface area contributed by atoms with Crippen LogP contribution in [0.4, 0.5) is 10.1 Å². The number of halogens is 1. The number of benzene rings is 1. The summed E-state index contributed by atoms with van der Waals surface area (Å²) < 4.78 is 29.7. The van der Waals surface area contributed by atoms with Crippen LogP contribution in [-0.2, 0) is 9.36 Å². The molecule has 0 fully saturated rings. The Labute approximate surface area is 148 Å². The topological polar surface area (TPSA) is 165 Å². The summed E-state index contributed by atoms with van der Waals surface area (Å²) in [4.78, 5) is 39.6. The van der Waals surface area contributed by atoms with E-state index in [0.29, 0.717) is 19.0 Å². The minimum atomic E-state index is -5.04. The van der Waals surface area contributed by atoms with Crippen molar-refractivity contribution in [3.05, 3.63) is 33.9 Å². The molecular weight excluding hydrogens is 372 g/mol. The van der Waals surface area contributed by atoms with Crippen LogP contribution in [-0.4, -0.2) is 33.7 Å². The predicted molar refractivity (Wildman–Crippen MR) is 90.1 cm³/mol. The average molecular weight is 393 g/mol. The first kappa shape index (κ1) is 22.0. The number of hydrogen-bond donors (Lipinski definition) is 4. The smallest absolute Gasteiger partial charge is 0.404 e. The number of nitrogens with two attached hydrogens (primary N) is 1. The Kier molecular flexibility index (Phi) is 8.59. The number of nitro groups is 1. The minimum absolute atomic E-state index is 0.188. The van der Waals surface area contributed by atoms with Gasteiger partial charge in [0.05, 0.1) is 4.92 Å². The highest BCUT2D eigenvalue weighted by molar-refractivity contribution is 7.46. The number of nitrogens with one attached hydrogen (secondary N) is 1. The normalized spacial score (nSPS) is 12.5. The molecule has 1 aromatic rings. The first-order valence-corrected chi connectivity index (χ1v) is 9.34. The number of amides is 1. The maximum absolute atomic E-state index is 14.5. The van der Waals surface area contributed by atoms with E-state index in [9.17, 15) is 23.9 Å². The summed E-state index contributed by atoms with van der Waals surface area (Å²) in [5.74, 6) is -1.73. The number of carbonyl (C=O) groups excluding carboxylic acids is 1. The van der Waals surface area contributed by atoms with Gasteiger partial charge in [-0.1, -0.05) is 12.8 Å². The Morgan fingerprint density at radius 3 is 2.58 bits per heavy atom. The van der Waals surface area contributed by atoms with E-state index >= 15 is 0 Å². The number of nitrogens with zero attached hydrogens (tertiary/aromatic N) is 1. The second-order valence-electron chi connectivity index (χ2n) is 5.42. The van der Waals surface area contributed by atoms with Crippen LogP contribution in [0.3, 0.4) is 0 Å². The number of rotatable bonds is 11. The molecule has 0 saturated heterocycles. The van der Waals surface area contributed by atoms with Gasteiger partial charge in [0.25, 0.3) is 11.6 Å². The average Bonchev–Trinajstić information content (AvgIpc) is 2.56. The fraction of sp³-hybridized carbons (Fsp3) is 0.500. The van der Waals surface area contributed by atoms with Crippen molar-refractivity contribution in [2.45, 2.75) is 31.9 Å². The number of alkyl halides is 1. The number of nitro benzene ring substituents is 1. The minimum Gasteiger partial charge on any atom is -0.404 e. The zero-order valence-corrected chi connectivity index (χ0v) is 14.7. The molecule has 0 spiro atoms. The van der Waals surface area contributed by atoms with Gasteiger partial charge in [0.2, 0.25) is 6.17 Å². The quantitative estimate of drug-likeness (QED) is 0.191. The van der Waals surface area contributed by atoms with Crippen LogP contribution < -0.4 is 15.6 Å². The van der Waals surface area contributed by atoms with Crippen molar-refractivity contribution in [3.8, 4) is 5.75 Å². The van der Waals surface area contributed by atoms with Crippen molar-refractivity contribution in [2.75, 3.05) is 13.1 Å². The van der Waals surface area contributed by atoms with Gasteiger partial charge in [-0.15, -0.1) is 0 Å². The number of phosphoric ester groups is 1. The van der Waals surface area contributed by atoms with Crippen molar-refractivity contribution >= 4 is 19.4 Å². The molecule has 0 aromatic heterocycles. The lowest BCUT2D eigenvalue weighted by Gasteiger charge is -2.15. The van der Waals surface area contributed by atoms with Crippen LogP contribution in [0.5, 0.6) is 5.75 Å². The summed E-state index contributed by atoms with van der Waals surface area (Å²) in [7, 11) is -5.04. The van der Waals surface area contributed by atoms with Crippen LogP contribution in [0.15, 0.2) is 18.2 Å². The fourth-order valence-electron chi connectivity index (χ4n) is 2.12. The highest BCUT2D eigenvalue weighted by atomic mass is 31.2. The van der Waals surface area contributed by atoms with Gasteiger partial charge in [-0.25, -0.2) is 8.96 Å². The van der Waals surface area contributed by atoms with E-state index in [-0.39, 0.29) is 6.54 Å². The molecule has 0 aliphatic carbocycles. The Morgan fingerprint density at radius 2 is 2.00 bits per heavy atom. The first-order valence-electron chi connectivity index (χ1n) is 7.81. The Morgan fingerprint density at radius 1 is 1.35 bits per heavy atom. The maximum atomic E-state index is 14.5. The van der Waals surface area contributed by atoms with Crippen molar-refractivity contribution in [3.63, 3.8) is 0 Å². The largest absolute Gasteiger partial charge is 0.524 e. The van der Waals surface area contributed by atoms with E-state index in [4.69, 9.17) is 15.5 Å². The molecular formula is C14H21FN3O7P. The summed E-state index contributed by atoms with van der Waals surface area (Å²) in [6.45, 7) is 0.751. The number of unbranched alkanes of at least 4 members (excludes halogenated alkanes) is 3. The van der Waals surface area contributed by atoms with Crippen molar-refractivity contribution < 1.29 is 33.0 Å². The lowest BCUT2D eigenvalue weighted by Crippen LogP contribution is -2.28. The monoisotopic (exact) mass is 393 g/mol. The number of carbonyl (C=O) groups is 1. The van der Waals surface area contributed by atoms with Gasteiger partial charge in [-0.05, 0) is 25.5 Å². The fourth-order valence-corrected chi connectivity index (χ4v) is 2.55. The predicted octanol–water partition coefficient (Wildman–Crippen LogP) is 1.71. The molecule has 1 atom stereocenters. The summed E-state index contributed by atoms with van der Waals surface area (Å²) in [5.41, 5.74) is 4.17. The number of non-ortho nitro benzene ring substituents is 1. The summed E-state index contributed by atoms with van der Waals surface area (Å²) >= 11 is 0. The second-order valence-corrected chi connectivity index (χ2v) is 6.58. The van der Waals surface area contributed by atoms with Crippen LogP contribution in [0.25, 0.3) is 0 Å². The third-order valence-corrected chi connectivity index (χ3v) is 3.79. The van der Waals surface area contributed by atoms with Crippen LogP contribution >= 0.6 is 7.82 Å². The lowest BCUT2D eigenvalue weighted by molar-refractivity contribution is -0.385. The van der Waals surface area contributed by atoms with Gasteiger partial charge in [0, 0.05) is 24.2 Å². The Balaban J connectivity index is 2.85. The van der Waals surface area contributed by atoms with Gasteiger partial charge in [-0.3, -0.25) is 24.7 Å². The van der Waals surface area contributed by atoms with E-state index in [0.717, 1.165) is 31.4 Å². The van der Waals surface area contributed by atoms with Crippen LogP contribution in [0.2, 0.25) is 0 Å². The molecule has 0 aliphatic rings. The molecule has 0 radical (unpaired) electrons. The number of phosphoric acid groups is 1. The molecule has 0 bridgehead atoms. The second kappa shape index (κ2) is 10.2. The molecule has 0 saturated carbocycles. The third kappa shape index (κ3) is 7.44. The van der Waals surface area contributed by atoms with Gasteiger partial charge in [-0.2, -0.15) is 0 Å². The molecule has 1 unspecified atom stereocenters. The molecule has 1 amide bonds. The molecule has 146 valence electrons. The molecule has 0 heterocycles. The van der Waals surface area contributed by atoms with Gasteiger partial charge < -0.3 is 15.6 Å². The summed E-state index contributed by atoms with van der Waals surface area (Å²) in [5, 5.41) is 13.2. The van der Waals surface area contributed by atoms with Crippen molar-refractivity contribution in [1.29, 1.82) is 0 Å². The Hall–Kier alpha value is -2.07. The standard InChI is InChI=1S/C14H21FN3O7P/c15-13(14(19)17-8-4-2-1-3-7-16)11-9-10(18(20)21)5-6-12(11)25-26(22,23)24/h5-6,9,13H,1-4,7-8,16H2,(H,17,19)(H2,22,23,24). The Bertz CT molecular complexity index is 683. The molecule has 1 rings (SSSR count). The van der Waals surface area contributed by atoms with Crippen molar-refractivity contribution in [1.82, 2.24) is 5.32 Å². The van der Waals surface area contributed by atoms with Gasteiger partial charge in [0.1, 0.15) is 5.75 Å². The van der Waals surface area contributed by atoms with E-state index in [1.54, 1.807) is 0 Å². The lowest BCUT2D eigenvalue weighted by atomic mass is 10.1. The number of hydrogen-bond acceptors (Lipinski definition) is 6. The first-order chi connectivity index (χ1) is 12.2. The molecule has 0 aliphatic heterocycles.